The third-order valence-corrected chi connectivity index (χ3v) is 3.94. The van der Waals surface area contributed by atoms with E-state index in [2.05, 4.69) is 13.8 Å². The van der Waals surface area contributed by atoms with E-state index in [1.54, 1.807) is 0 Å². The maximum atomic E-state index is 11.9. The fraction of sp³-hybridized carbons (Fsp3) is 0.875. The van der Waals surface area contributed by atoms with Gasteiger partial charge in [0.15, 0.2) is 0 Å². The molecule has 1 saturated heterocycles. The van der Waals surface area contributed by atoms with Crippen LogP contribution in [0.3, 0.4) is 0 Å². The quantitative estimate of drug-likeness (QED) is 0.508. The summed E-state index contributed by atoms with van der Waals surface area (Å²) >= 11 is 0. The summed E-state index contributed by atoms with van der Waals surface area (Å²) in [5, 5.41) is 0. The Balaban J connectivity index is 2.06. The molecule has 0 N–H and O–H groups in total. The van der Waals surface area contributed by atoms with E-state index in [1.165, 1.54) is 12.8 Å². The van der Waals surface area contributed by atoms with Gasteiger partial charge in [-0.1, -0.05) is 33.1 Å². The van der Waals surface area contributed by atoms with E-state index in [0.717, 1.165) is 38.8 Å². The highest BCUT2D eigenvalue weighted by Gasteiger charge is 2.20. The molecule has 1 heterocycles. The van der Waals surface area contributed by atoms with Crippen molar-refractivity contribution in [1.82, 2.24) is 4.90 Å². The van der Waals surface area contributed by atoms with Crippen LogP contribution in [-0.4, -0.2) is 36.5 Å². The number of likely N-dealkylation sites (tertiary alicyclic amines) is 1. The van der Waals surface area contributed by atoms with Gasteiger partial charge >= 0.3 is 5.97 Å². The van der Waals surface area contributed by atoms with Crippen LogP contribution in [0.25, 0.3) is 0 Å². The molecule has 0 unspecified atom stereocenters. The molecule has 20 heavy (non-hydrogen) atoms. The van der Waals surface area contributed by atoms with Crippen LogP contribution in [0.4, 0.5) is 0 Å². The van der Waals surface area contributed by atoms with Crippen LogP contribution in [-0.2, 0) is 14.3 Å². The van der Waals surface area contributed by atoms with Gasteiger partial charge in [-0.15, -0.1) is 0 Å². The van der Waals surface area contributed by atoms with Gasteiger partial charge in [-0.3, -0.25) is 9.59 Å². The first-order chi connectivity index (χ1) is 9.63. The smallest absolute Gasteiger partial charge is 0.306 e. The van der Waals surface area contributed by atoms with Gasteiger partial charge in [-0.2, -0.15) is 0 Å². The first-order valence-electron chi connectivity index (χ1n) is 8.07. The molecule has 1 aliphatic rings. The van der Waals surface area contributed by atoms with Crippen LogP contribution < -0.4 is 0 Å². The lowest BCUT2D eigenvalue weighted by atomic mass is 9.99. The molecular formula is C16H29NO3. The molecule has 0 aromatic rings. The fourth-order valence-corrected chi connectivity index (χ4v) is 2.41. The van der Waals surface area contributed by atoms with Gasteiger partial charge in [0, 0.05) is 19.5 Å². The molecular weight excluding hydrogens is 254 g/mol. The highest BCUT2D eigenvalue weighted by Crippen LogP contribution is 2.17. The molecule has 4 heteroatoms. The summed E-state index contributed by atoms with van der Waals surface area (Å²) in [6.07, 6.45) is 7.06. The average molecular weight is 283 g/mol. The minimum absolute atomic E-state index is 0.0971. The standard InChI is InChI=1S/C16H29NO3/c1-3-4-5-6-13-20-16(19)8-7-15(18)17-11-9-14(2)10-12-17/h14H,3-13H2,1-2H3. The van der Waals surface area contributed by atoms with E-state index in [1.807, 2.05) is 4.90 Å². The van der Waals surface area contributed by atoms with Crippen molar-refractivity contribution < 1.29 is 14.3 Å². The van der Waals surface area contributed by atoms with Crippen LogP contribution in [0.15, 0.2) is 0 Å². The number of rotatable bonds is 8. The molecule has 116 valence electrons. The average Bonchev–Trinajstić information content (AvgIpc) is 2.45. The number of amides is 1. The Morgan fingerprint density at radius 1 is 1.10 bits per heavy atom. The maximum Gasteiger partial charge on any atom is 0.306 e. The highest BCUT2D eigenvalue weighted by molar-refractivity contribution is 5.81. The number of carbonyl (C=O) groups excluding carboxylic acids is 2. The summed E-state index contributed by atoms with van der Waals surface area (Å²) in [6.45, 7) is 6.54. The molecule has 1 fully saturated rings. The Morgan fingerprint density at radius 2 is 1.80 bits per heavy atom. The van der Waals surface area contributed by atoms with Gasteiger partial charge in [0.1, 0.15) is 0 Å². The zero-order valence-corrected chi connectivity index (χ0v) is 13.0. The minimum atomic E-state index is -0.236. The van der Waals surface area contributed by atoms with Crippen LogP contribution in [0.2, 0.25) is 0 Å². The van der Waals surface area contributed by atoms with E-state index >= 15 is 0 Å². The normalized spacial score (nSPS) is 16.2. The molecule has 0 saturated carbocycles. The van der Waals surface area contributed by atoms with Crippen LogP contribution in [0, 0.1) is 5.92 Å². The van der Waals surface area contributed by atoms with Crippen molar-refractivity contribution in [2.45, 2.75) is 65.2 Å². The largest absolute Gasteiger partial charge is 0.466 e. The van der Waals surface area contributed by atoms with Crippen molar-refractivity contribution in [2.24, 2.45) is 5.92 Å². The van der Waals surface area contributed by atoms with Gasteiger partial charge in [0.2, 0.25) is 5.91 Å². The number of hydrogen-bond donors (Lipinski definition) is 0. The van der Waals surface area contributed by atoms with Crippen molar-refractivity contribution in [1.29, 1.82) is 0 Å². The fourth-order valence-electron chi connectivity index (χ4n) is 2.41. The van der Waals surface area contributed by atoms with Crippen molar-refractivity contribution in [3.8, 4) is 0 Å². The number of esters is 1. The number of piperidine rings is 1. The number of carbonyl (C=O) groups is 2. The van der Waals surface area contributed by atoms with E-state index < -0.39 is 0 Å². The number of hydrogen-bond acceptors (Lipinski definition) is 3. The van der Waals surface area contributed by atoms with E-state index in [0.29, 0.717) is 18.9 Å². The highest BCUT2D eigenvalue weighted by atomic mass is 16.5. The first kappa shape index (κ1) is 17.0. The second kappa shape index (κ2) is 9.78. The number of unbranched alkanes of at least 4 members (excludes halogenated alkanes) is 3. The van der Waals surface area contributed by atoms with Crippen molar-refractivity contribution in [2.75, 3.05) is 19.7 Å². The number of ether oxygens (including phenoxy) is 1. The summed E-state index contributed by atoms with van der Waals surface area (Å²) in [5.41, 5.74) is 0. The Labute approximate surface area is 122 Å². The van der Waals surface area contributed by atoms with E-state index in [-0.39, 0.29) is 18.3 Å². The van der Waals surface area contributed by atoms with Gasteiger partial charge in [0.25, 0.3) is 0 Å². The predicted octanol–water partition coefficient (Wildman–Crippen LogP) is 3.15. The molecule has 0 aromatic carbocycles. The topological polar surface area (TPSA) is 46.6 Å². The van der Waals surface area contributed by atoms with Gasteiger partial charge < -0.3 is 9.64 Å². The summed E-state index contributed by atoms with van der Waals surface area (Å²) in [4.78, 5) is 25.3. The summed E-state index contributed by atoms with van der Waals surface area (Å²) < 4.78 is 5.13. The molecule has 1 amide bonds. The Morgan fingerprint density at radius 3 is 2.45 bits per heavy atom. The lowest BCUT2D eigenvalue weighted by Crippen LogP contribution is -2.38. The van der Waals surface area contributed by atoms with Crippen molar-refractivity contribution >= 4 is 11.9 Å². The first-order valence-corrected chi connectivity index (χ1v) is 8.07. The summed E-state index contributed by atoms with van der Waals surface area (Å²) in [7, 11) is 0. The third kappa shape index (κ3) is 6.92. The lowest BCUT2D eigenvalue weighted by molar-refractivity contribution is -0.146. The maximum absolute atomic E-state index is 11.9. The Bertz CT molecular complexity index is 296. The molecule has 1 aliphatic heterocycles. The second-order valence-corrected chi connectivity index (χ2v) is 5.84. The van der Waals surface area contributed by atoms with E-state index in [4.69, 9.17) is 4.74 Å². The predicted molar refractivity (Wildman–Crippen MR) is 79.3 cm³/mol. The summed E-state index contributed by atoms with van der Waals surface area (Å²) in [6, 6.07) is 0. The Hall–Kier alpha value is -1.06. The molecule has 1 rings (SSSR count). The molecule has 4 nitrogen and oxygen atoms in total. The molecule has 0 spiro atoms. The monoisotopic (exact) mass is 283 g/mol. The van der Waals surface area contributed by atoms with Gasteiger partial charge in [-0.25, -0.2) is 0 Å². The molecule has 0 bridgehead atoms. The molecule has 0 atom stereocenters. The van der Waals surface area contributed by atoms with Crippen LogP contribution >= 0.6 is 0 Å². The molecule has 0 aliphatic carbocycles. The van der Waals surface area contributed by atoms with Crippen molar-refractivity contribution in [3.05, 3.63) is 0 Å². The molecule has 0 radical (unpaired) electrons. The minimum Gasteiger partial charge on any atom is -0.466 e. The van der Waals surface area contributed by atoms with E-state index in [9.17, 15) is 9.59 Å². The van der Waals surface area contributed by atoms with Crippen LogP contribution in [0.5, 0.6) is 0 Å². The molecule has 0 aromatic heterocycles. The summed E-state index contributed by atoms with van der Waals surface area (Å²) in [5.74, 6) is 0.576. The zero-order valence-electron chi connectivity index (χ0n) is 13.0. The van der Waals surface area contributed by atoms with Crippen LogP contribution in [0.1, 0.15) is 65.2 Å². The zero-order chi connectivity index (χ0) is 14.8. The number of nitrogens with zero attached hydrogens (tertiary/aromatic N) is 1. The van der Waals surface area contributed by atoms with Gasteiger partial charge in [-0.05, 0) is 25.2 Å². The third-order valence-electron chi connectivity index (χ3n) is 3.94. The second-order valence-electron chi connectivity index (χ2n) is 5.84. The van der Waals surface area contributed by atoms with Gasteiger partial charge in [0.05, 0.1) is 13.0 Å². The Kier molecular flexibility index (Phi) is 8.31. The lowest BCUT2D eigenvalue weighted by Gasteiger charge is -2.30. The SMILES string of the molecule is CCCCCCOC(=O)CCC(=O)N1CCC(C)CC1. The van der Waals surface area contributed by atoms with Crippen molar-refractivity contribution in [3.63, 3.8) is 0 Å².